The smallest absolute Gasteiger partial charge is 0.153 e. The monoisotopic (exact) mass is 166 g/mol. The van der Waals surface area contributed by atoms with Gasteiger partial charge in [0.25, 0.3) is 0 Å². The van der Waals surface area contributed by atoms with Gasteiger partial charge in [0.15, 0.2) is 6.29 Å². The van der Waals surface area contributed by atoms with Crippen molar-refractivity contribution in [2.24, 2.45) is 0 Å². The van der Waals surface area contributed by atoms with E-state index in [1.807, 2.05) is 0 Å². The summed E-state index contributed by atoms with van der Waals surface area (Å²) in [5.74, 6) is 0. The third kappa shape index (κ3) is 2.22. The van der Waals surface area contributed by atoms with E-state index in [1.54, 1.807) is 6.26 Å². The highest BCUT2D eigenvalue weighted by Gasteiger charge is 2.02. The number of furan rings is 1. The van der Waals surface area contributed by atoms with Crippen LogP contribution in [-0.2, 0) is 6.42 Å². The minimum absolute atomic E-state index is 0.700. The first-order chi connectivity index (χ1) is 5.88. The molecule has 0 bridgehead atoms. The van der Waals surface area contributed by atoms with E-state index in [1.165, 1.54) is 19.1 Å². The molecule has 2 nitrogen and oxygen atoms in total. The predicted octanol–water partition coefficient (Wildman–Crippen LogP) is 2.82. The highest BCUT2D eigenvalue weighted by Crippen LogP contribution is 2.11. The van der Waals surface area contributed by atoms with Gasteiger partial charge < -0.3 is 4.42 Å². The van der Waals surface area contributed by atoms with Gasteiger partial charge in [-0.05, 0) is 12.8 Å². The lowest BCUT2D eigenvalue weighted by Crippen LogP contribution is -1.87. The number of hydrogen-bond acceptors (Lipinski definition) is 2. The first-order valence-corrected chi connectivity index (χ1v) is 4.38. The summed E-state index contributed by atoms with van der Waals surface area (Å²) < 4.78 is 4.94. The van der Waals surface area contributed by atoms with Crippen LogP contribution in [0.5, 0.6) is 0 Å². The van der Waals surface area contributed by atoms with Gasteiger partial charge in [0.1, 0.15) is 6.26 Å². The molecule has 12 heavy (non-hydrogen) atoms. The third-order valence-corrected chi connectivity index (χ3v) is 1.95. The molecule has 0 spiro atoms. The Morgan fingerprint density at radius 2 is 2.25 bits per heavy atom. The van der Waals surface area contributed by atoms with Crippen LogP contribution in [0.1, 0.15) is 42.1 Å². The average Bonchev–Trinajstić information content (AvgIpc) is 2.52. The van der Waals surface area contributed by atoms with E-state index in [9.17, 15) is 4.79 Å². The summed E-state index contributed by atoms with van der Waals surface area (Å²) >= 11 is 0. The molecule has 0 atom stereocenters. The van der Waals surface area contributed by atoms with Crippen LogP contribution in [0.25, 0.3) is 0 Å². The molecule has 0 radical (unpaired) electrons. The molecule has 0 fully saturated rings. The van der Waals surface area contributed by atoms with Crippen LogP contribution in [0.15, 0.2) is 16.9 Å². The molecule has 0 N–H and O–H groups in total. The zero-order chi connectivity index (χ0) is 8.81. The molecule has 1 heterocycles. The summed E-state index contributed by atoms with van der Waals surface area (Å²) in [6, 6.07) is 0. The molecule has 0 aliphatic carbocycles. The normalized spacial score (nSPS) is 10.1. The summed E-state index contributed by atoms with van der Waals surface area (Å²) in [6.45, 7) is 2.16. The Balaban J connectivity index is 2.45. The number of carbonyl (C=O) groups excluding carboxylic acids is 1. The Labute approximate surface area is 72.6 Å². The molecule has 0 unspecified atom stereocenters. The molecular weight excluding hydrogens is 152 g/mol. The summed E-state index contributed by atoms with van der Waals surface area (Å²) in [5.41, 5.74) is 1.74. The fourth-order valence-corrected chi connectivity index (χ4v) is 1.21. The molecule has 2 heteroatoms. The van der Waals surface area contributed by atoms with Crippen LogP contribution >= 0.6 is 0 Å². The van der Waals surface area contributed by atoms with Crippen molar-refractivity contribution in [2.75, 3.05) is 0 Å². The van der Waals surface area contributed by atoms with E-state index >= 15 is 0 Å². The van der Waals surface area contributed by atoms with Crippen molar-refractivity contribution in [1.82, 2.24) is 0 Å². The Morgan fingerprint density at radius 3 is 2.92 bits per heavy atom. The van der Waals surface area contributed by atoms with E-state index in [-0.39, 0.29) is 0 Å². The van der Waals surface area contributed by atoms with Crippen LogP contribution in [-0.4, -0.2) is 6.29 Å². The number of aryl methyl sites for hydroxylation is 1. The third-order valence-electron chi connectivity index (χ3n) is 1.95. The number of aldehydes is 1. The summed E-state index contributed by atoms with van der Waals surface area (Å²) in [6.07, 6.45) is 8.53. The van der Waals surface area contributed by atoms with Crippen molar-refractivity contribution in [3.8, 4) is 0 Å². The maximum absolute atomic E-state index is 10.5. The highest BCUT2D eigenvalue weighted by atomic mass is 16.3. The Morgan fingerprint density at radius 1 is 1.42 bits per heavy atom. The second-order valence-electron chi connectivity index (χ2n) is 2.93. The lowest BCUT2D eigenvalue weighted by atomic mass is 10.1. The molecule has 0 aliphatic rings. The quantitative estimate of drug-likeness (QED) is 0.497. The number of carbonyl (C=O) groups is 1. The Hall–Kier alpha value is -1.05. The van der Waals surface area contributed by atoms with Crippen molar-refractivity contribution in [2.45, 2.75) is 32.6 Å². The van der Waals surface area contributed by atoms with Gasteiger partial charge in [-0.2, -0.15) is 0 Å². The lowest BCUT2D eigenvalue weighted by Gasteiger charge is -1.95. The zero-order valence-electron chi connectivity index (χ0n) is 7.38. The Kier molecular flexibility index (Phi) is 3.58. The molecule has 0 saturated carbocycles. The van der Waals surface area contributed by atoms with Gasteiger partial charge in [-0.25, -0.2) is 0 Å². The van der Waals surface area contributed by atoms with Gasteiger partial charge in [-0.1, -0.05) is 19.8 Å². The first-order valence-electron chi connectivity index (χ1n) is 4.38. The number of rotatable bonds is 5. The fraction of sp³-hybridized carbons (Fsp3) is 0.500. The van der Waals surface area contributed by atoms with Gasteiger partial charge in [0.2, 0.25) is 0 Å². The van der Waals surface area contributed by atoms with Crippen LogP contribution in [0.3, 0.4) is 0 Å². The Bertz CT molecular complexity index is 238. The van der Waals surface area contributed by atoms with E-state index in [4.69, 9.17) is 4.42 Å². The molecule has 1 aromatic heterocycles. The van der Waals surface area contributed by atoms with Crippen LogP contribution in [0.2, 0.25) is 0 Å². The zero-order valence-corrected chi connectivity index (χ0v) is 7.38. The van der Waals surface area contributed by atoms with Gasteiger partial charge in [-0.15, -0.1) is 0 Å². The fourth-order valence-electron chi connectivity index (χ4n) is 1.21. The van der Waals surface area contributed by atoms with E-state index in [0.29, 0.717) is 5.56 Å². The molecular formula is C10H14O2. The summed E-state index contributed by atoms with van der Waals surface area (Å²) in [7, 11) is 0. The molecule has 0 saturated heterocycles. The van der Waals surface area contributed by atoms with Gasteiger partial charge >= 0.3 is 0 Å². The molecule has 0 amide bonds. The molecule has 1 aromatic rings. The minimum atomic E-state index is 0.700. The molecule has 0 aliphatic heterocycles. The molecule has 1 rings (SSSR count). The van der Waals surface area contributed by atoms with Gasteiger partial charge in [0, 0.05) is 5.56 Å². The summed E-state index contributed by atoms with van der Waals surface area (Å²) in [5, 5.41) is 0. The van der Waals surface area contributed by atoms with E-state index in [0.717, 1.165) is 24.7 Å². The summed E-state index contributed by atoms with van der Waals surface area (Å²) in [4.78, 5) is 10.5. The SMILES string of the molecule is CCCCCc1cocc1C=O. The standard InChI is InChI=1S/C10H14O2/c1-2-3-4-5-9-7-12-8-10(9)6-11/h6-8H,2-5H2,1H3. The van der Waals surface area contributed by atoms with Crippen molar-refractivity contribution < 1.29 is 9.21 Å². The van der Waals surface area contributed by atoms with Crippen LogP contribution < -0.4 is 0 Å². The topological polar surface area (TPSA) is 30.2 Å². The van der Waals surface area contributed by atoms with Crippen molar-refractivity contribution in [1.29, 1.82) is 0 Å². The maximum Gasteiger partial charge on any atom is 0.153 e. The molecule has 0 aromatic carbocycles. The second-order valence-corrected chi connectivity index (χ2v) is 2.93. The minimum Gasteiger partial charge on any atom is -0.472 e. The molecule has 66 valence electrons. The van der Waals surface area contributed by atoms with E-state index in [2.05, 4.69) is 6.92 Å². The van der Waals surface area contributed by atoms with Crippen LogP contribution in [0, 0.1) is 0 Å². The number of hydrogen-bond donors (Lipinski definition) is 0. The van der Waals surface area contributed by atoms with Gasteiger partial charge in [-0.3, -0.25) is 4.79 Å². The largest absolute Gasteiger partial charge is 0.472 e. The van der Waals surface area contributed by atoms with Gasteiger partial charge in [0.05, 0.1) is 11.8 Å². The predicted molar refractivity (Wildman–Crippen MR) is 47.3 cm³/mol. The second kappa shape index (κ2) is 4.75. The van der Waals surface area contributed by atoms with Crippen molar-refractivity contribution in [3.05, 3.63) is 23.7 Å². The van der Waals surface area contributed by atoms with Crippen molar-refractivity contribution in [3.63, 3.8) is 0 Å². The van der Waals surface area contributed by atoms with E-state index < -0.39 is 0 Å². The maximum atomic E-state index is 10.5. The van der Waals surface area contributed by atoms with Crippen molar-refractivity contribution >= 4 is 6.29 Å². The lowest BCUT2D eigenvalue weighted by molar-refractivity contribution is 0.112. The number of unbranched alkanes of at least 4 members (excludes halogenated alkanes) is 2. The average molecular weight is 166 g/mol. The highest BCUT2D eigenvalue weighted by molar-refractivity contribution is 5.76. The first kappa shape index (κ1) is 9.04. The van der Waals surface area contributed by atoms with Crippen LogP contribution in [0.4, 0.5) is 0 Å².